The Labute approximate surface area is 179 Å². The molecule has 1 amide bonds. The van der Waals surface area contributed by atoms with Gasteiger partial charge in [0.1, 0.15) is 6.61 Å². The molecule has 3 N–H and O–H groups in total. The minimum atomic E-state index is -0.260. The second-order valence-corrected chi connectivity index (χ2v) is 8.56. The summed E-state index contributed by atoms with van der Waals surface area (Å²) in [5.74, 6) is -0.424. The van der Waals surface area contributed by atoms with Gasteiger partial charge in [0, 0.05) is 34.1 Å². The third-order valence-electron chi connectivity index (χ3n) is 5.00. The van der Waals surface area contributed by atoms with E-state index in [2.05, 4.69) is 11.4 Å². The lowest BCUT2D eigenvalue weighted by atomic mass is 10.0. The van der Waals surface area contributed by atoms with Gasteiger partial charge in [-0.15, -0.1) is 11.3 Å². The molecule has 1 aromatic heterocycles. The number of carbonyl (C=O) groups is 2. The molecule has 0 aliphatic carbocycles. The molecule has 0 atom stereocenters. The van der Waals surface area contributed by atoms with E-state index in [-0.39, 0.29) is 11.9 Å². The Hall–Kier alpha value is -3.16. The predicted octanol–water partition coefficient (Wildman–Crippen LogP) is 3.63. The first-order valence-electron chi connectivity index (χ1n) is 9.65. The number of fused-ring (bicyclic) bond motifs is 1. The highest BCUT2D eigenvalue weighted by molar-refractivity contribution is 7.18. The molecule has 7 heteroatoms. The Kier molecular flexibility index (Phi) is 5.57. The van der Waals surface area contributed by atoms with Gasteiger partial charge in [0.05, 0.1) is 11.1 Å². The third kappa shape index (κ3) is 4.08. The summed E-state index contributed by atoms with van der Waals surface area (Å²) in [5.41, 5.74) is 10.7. The van der Waals surface area contributed by atoms with Crippen LogP contribution in [0.25, 0.3) is 20.9 Å². The zero-order valence-corrected chi connectivity index (χ0v) is 17.7. The Balaban J connectivity index is 1.52. The van der Waals surface area contributed by atoms with Crippen LogP contribution in [0.5, 0.6) is 0 Å². The van der Waals surface area contributed by atoms with Crippen LogP contribution in [0.1, 0.15) is 26.3 Å². The number of thiophene rings is 1. The molecule has 30 heavy (non-hydrogen) atoms. The molecular formula is C23H23N3O3S. The van der Waals surface area contributed by atoms with Gasteiger partial charge in [-0.3, -0.25) is 4.79 Å². The first kappa shape index (κ1) is 20.1. The quantitative estimate of drug-likeness (QED) is 0.469. The van der Waals surface area contributed by atoms with Gasteiger partial charge in [-0.25, -0.2) is 4.79 Å². The van der Waals surface area contributed by atoms with Crippen molar-refractivity contribution in [1.29, 1.82) is 0 Å². The van der Waals surface area contributed by atoms with E-state index in [0.29, 0.717) is 30.0 Å². The maximum absolute atomic E-state index is 12.4. The van der Waals surface area contributed by atoms with Crippen LogP contribution in [-0.2, 0) is 11.3 Å². The van der Waals surface area contributed by atoms with Gasteiger partial charge >= 0.3 is 5.97 Å². The largest absolute Gasteiger partial charge is 0.457 e. The molecule has 3 aromatic rings. The Morgan fingerprint density at radius 1 is 1.10 bits per heavy atom. The van der Waals surface area contributed by atoms with Crippen LogP contribution in [0.2, 0.25) is 0 Å². The number of benzene rings is 2. The minimum Gasteiger partial charge on any atom is -0.457 e. The topological polar surface area (TPSA) is 84.7 Å². The summed E-state index contributed by atoms with van der Waals surface area (Å²) in [7, 11) is 3.92. The van der Waals surface area contributed by atoms with Crippen LogP contribution in [0, 0.1) is 0 Å². The summed E-state index contributed by atoms with van der Waals surface area (Å²) in [5, 5.41) is 2.89. The molecule has 0 saturated carbocycles. The van der Waals surface area contributed by atoms with E-state index in [4.69, 9.17) is 10.5 Å². The second kappa shape index (κ2) is 8.30. The van der Waals surface area contributed by atoms with Gasteiger partial charge in [-0.05, 0) is 61.6 Å². The fraction of sp³-hybridized carbons (Fsp3) is 0.217. The molecule has 0 saturated heterocycles. The molecule has 2 aromatic carbocycles. The fourth-order valence-corrected chi connectivity index (χ4v) is 4.34. The Morgan fingerprint density at radius 3 is 2.50 bits per heavy atom. The molecular weight excluding hydrogens is 398 g/mol. The number of nitrogens with one attached hydrogen (secondary N) is 1. The van der Waals surface area contributed by atoms with E-state index >= 15 is 0 Å². The minimum absolute atomic E-state index is 0.164. The van der Waals surface area contributed by atoms with Crippen LogP contribution >= 0.6 is 11.3 Å². The van der Waals surface area contributed by atoms with Gasteiger partial charge in [-0.1, -0.05) is 12.1 Å². The molecule has 0 spiro atoms. The highest BCUT2D eigenvalue weighted by Gasteiger charge is 2.21. The van der Waals surface area contributed by atoms with E-state index in [9.17, 15) is 9.59 Å². The molecule has 4 rings (SSSR count). The van der Waals surface area contributed by atoms with Crippen LogP contribution in [-0.4, -0.2) is 44.0 Å². The zero-order valence-electron chi connectivity index (χ0n) is 16.9. The van der Waals surface area contributed by atoms with Crippen LogP contribution in [0.15, 0.2) is 48.5 Å². The predicted molar refractivity (Wildman–Crippen MR) is 120 cm³/mol. The fourth-order valence-electron chi connectivity index (χ4n) is 3.35. The van der Waals surface area contributed by atoms with Crippen molar-refractivity contribution < 1.29 is 14.3 Å². The van der Waals surface area contributed by atoms with E-state index < -0.39 is 0 Å². The van der Waals surface area contributed by atoms with E-state index in [1.807, 2.05) is 55.4 Å². The number of hydrogen-bond acceptors (Lipinski definition) is 6. The summed E-state index contributed by atoms with van der Waals surface area (Å²) in [6, 6.07) is 15.4. The van der Waals surface area contributed by atoms with Crippen LogP contribution in [0.4, 0.5) is 5.69 Å². The molecule has 2 heterocycles. The standard InChI is InChI=1S/C23H23N3O3S/c1-26(2)10-9-25-22(27)18-6-4-15(12-19(18)24)21-8-7-20(30-21)14-3-5-17-16(11-14)13-29-23(17)28/h3-8,11-12H,9-10,13,24H2,1-2H3,(H,25,27). The van der Waals surface area contributed by atoms with E-state index in [0.717, 1.165) is 33.0 Å². The highest BCUT2D eigenvalue weighted by Crippen LogP contribution is 2.37. The average Bonchev–Trinajstić information content (AvgIpc) is 3.35. The lowest BCUT2D eigenvalue weighted by Crippen LogP contribution is -2.31. The number of amides is 1. The maximum Gasteiger partial charge on any atom is 0.338 e. The third-order valence-corrected chi connectivity index (χ3v) is 6.18. The molecule has 0 radical (unpaired) electrons. The van der Waals surface area contributed by atoms with Gasteiger partial charge in [0.2, 0.25) is 0 Å². The first-order valence-corrected chi connectivity index (χ1v) is 10.5. The Morgan fingerprint density at radius 2 is 1.80 bits per heavy atom. The van der Waals surface area contributed by atoms with Gasteiger partial charge in [0.25, 0.3) is 5.91 Å². The number of ether oxygens (including phenoxy) is 1. The van der Waals surface area contributed by atoms with Crippen molar-refractivity contribution in [1.82, 2.24) is 10.2 Å². The summed E-state index contributed by atoms with van der Waals surface area (Å²) >= 11 is 1.64. The van der Waals surface area contributed by atoms with Crippen molar-refractivity contribution in [2.75, 3.05) is 32.9 Å². The van der Waals surface area contributed by atoms with Crippen molar-refractivity contribution >= 4 is 28.9 Å². The van der Waals surface area contributed by atoms with Crippen LogP contribution in [0.3, 0.4) is 0 Å². The van der Waals surface area contributed by atoms with Crippen molar-refractivity contribution in [3.05, 3.63) is 65.2 Å². The maximum atomic E-state index is 12.4. The molecule has 154 valence electrons. The number of hydrogen-bond donors (Lipinski definition) is 2. The number of nitrogen functional groups attached to an aromatic ring is 1. The molecule has 0 unspecified atom stereocenters. The summed E-state index contributed by atoms with van der Waals surface area (Å²) < 4.78 is 5.08. The molecule has 1 aliphatic rings. The normalized spacial score (nSPS) is 12.7. The number of cyclic esters (lactones) is 1. The monoisotopic (exact) mass is 421 g/mol. The first-order chi connectivity index (χ1) is 14.4. The molecule has 1 aliphatic heterocycles. The highest BCUT2D eigenvalue weighted by atomic mass is 32.1. The van der Waals surface area contributed by atoms with Crippen molar-refractivity contribution in [3.8, 4) is 20.9 Å². The number of nitrogens with two attached hydrogens (primary N) is 1. The van der Waals surface area contributed by atoms with Gasteiger partial charge < -0.3 is 20.7 Å². The van der Waals surface area contributed by atoms with E-state index in [1.165, 1.54) is 0 Å². The smallest absolute Gasteiger partial charge is 0.338 e. The number of esters is 1. The number of likely N-dealkylation sites (N-methyl/N-ethyl adjacent to an activating group) is 1. The van der Waals surface area contributed by atoms with Crippen LogP contribution < -0.4 is 11.1 Å². The molecule has 0 fully saturated rings. The van der Waals surface area contributed by atoms with Crippen molar-refractivity contribution in [2.45, 2.75) is 6.61 Å². The number of nitrogens with zero attached hydrogens (tertiary/aromatic N) is 1. The lowest BCUT2D eigenvalue weighted by molar-refractivity contribution is 0.0535. The summed E-state index contributed by atoms with van der Waals surface area (Å²) in [6.45, 7) is 1.66. The molecule has 6 nitrogen and oxygen atoms in total. The SMILES string of the molecule is CN(C)CCNC(=O)c1ccc(-c2ccc(-c3ccc4c(c3)COC4=O)s2)cc1N. The number of rotatable bonds is 6. The zero-order chi connectivity index (χ0) is 21.3. The van der Waals surface area contributed by atoms with Gasteiger partial charge in [-0.2, -0.15) is 0 Å². The summed E-state index contributed by atoms with van der Waals surface area (Å²) in [6.07, 6.45) is 0. The van der Waals surface area contributed by atoms with Gasteiger partial charge in [0.15, 0.2) is 0 Å². The lowest BCUT2D eigenvalue weighted by Gasteiger charge is -2.12. The number of anilines is 1. The second-order valence-electron chi connectivity index (χ2n) is 7.47. The number of carbonyl (C=O) groups excluding carboxylic acids is 2. The van der Waals surface area contributed by atoms with Crippen molar-refractivity contribution in [3.63, 3.8) is 0 Å². The Bertz CT molecular complexity index is 1120. The van der Waals surface area contributed by atoms with Crippen molar-refractivity contribution in [2.24, 2.45) is 0 Å². The van der Waals surface area contributed by atoms with E-state index in [1.54, 1.807) is 17.4 Å². The summed E-state index contributed by atoms with van der Waals surface area (Å²) in [4.78, 5) is 28.2. The average molecular weight is 422 g/mol. The molecule has 0 bridgehead atoms.